The monoisotopic (exact) mass is 359 g/mol. The van der Waals surface area contributed by atoms with Gasteiger partial charge in [-0.2, -0.15) is 0 Å². The van der Waals surface area contributed by atoms with Crippen molar-refractivity contribution in [1.29, 1.82) is 0 Å². The first-order chi connectivity index (χ1) is 12.5. The molecule has 0 aromatic heterocycles. The predicted molar refractivity (Wildman–Crippen MR) is 94.5 cm³/mol. The summed E-state index contributed by atoms with van der Waals surface area (Å²) in [4.78, 5) is 2.46. The van der Waals surface area contributed by atoms with Gasteiger partial charge in [0.2, 0.25) is 0 Å². The number of rotatable bonds is 4. The molecule has 0 spiro atoms. The topological polar surface area (TPSA) is 12.5 Å². The van der Waals surface area contributed by atoms with Gasteiger partial charge in [0.15, 0.2) is 0 Å². The number of ether oxygens (including phenoxy) is 1. The lowest BCUT2D eigenvalue weighted by atomic mass is 9.93. The van der Waals surface area contributed by atoms with Gasteiger partial charge in [-0.1, -0.05) is 54.6 Å². The summed E-state index contributed by atoms with van der Waals surface area (Å²) in [6.07, 6.45) is 0.319. The van der Waals surface area contributed by atoms with Crippen LogP contribution in [0.5, 0.6) is 5.75 Å². The van der Waals surface area contributed by atoms with Crippen LogP contribution in [0.3, 0.4) is 0 Å². The minimum Gasteiger partial charge on any atom is -0.405 e. The molecule has 26 heavy (non-hydrogen) atoms. The molecular formula is C21H20F3NO. The first-order valence-corrected chi connectivity index (χ1v) is 8.85. The zero-order valence-corrected chi connectivity index (χ0v) is 14.2. The van der Waals surface area contributed by atoms with Gasteiger partial charge in [0.25, 0.3) is 0 Å². The highest BCUT2D eigenvalue weighted by Crippen LogP contribution is 2.42. The Bertz CT molecular complexity index is 800. The Morgan fingerprint density at radius 3 is 2.42 bits per heavy atom. The molecule has 2 aromatic rings. The van der Waals surface area contributed by atoms with Crippen LogP contribution in [0, 0.1) is 0 Å². The van der Waals surface area contributed by atoms with Crippen molar-refractivity contribution in [2.24, 2.45) is 0 Å². The fraction of sp³-hybridized carbons (Fsp3) is 0.333. The SMILES string of the molecule is FC(F)(F)Oc1ccccc1C1=CC2CCC(C1)N2Cc1ccccc1. The number of fused-ring (bicyclic) bond motifs is 2. The molecule has 2 heterocycles. The molecule has 4 rings (SSSR count). The summed E-state index contributed by atoms with van der Waals surface area (Å²) in [5.41, 5.74) is 2.78. The number of nitrogens with zero attached hydrogens (tertiary/aromatic N) is 1. The van der Waals surface area contributed by atoms with Crippen molar-refractivity contribution in [3.05, 3.63) is 71.8 Å². The van der Waals surface area contributed by atoms with Crippen molar-refractivity contribution < 1.29 is 17.9 Å². The molecule has 5 heteroatoms. The molecule has 2 aliphatic heterocycles. The van der Waals surface area contributed by atoms with Gasteiger partial charge in [0.05, 0.1) is 0 Å². The van der Waals surface area contributed by atoms with E-state index in [4.69, 9.17) is 0 Å². The van der Waals surface area contributed by atoms with Gasteiger partial charge < -0.3 is 4.74 Å². The molecule has 2 atom stereocenters. The second-order valence-corrected chi connectivity index (χ2v) is 6.90. The van der Waals surface area contributed by atoms with Crippen LogP contribution in [0.1, 0.15) is 30.4 Å². The summed E-state index contributed by atoms with van der Waals surface area (Å²) in [5, 5.41) is 0. The molecule has 0 N–H and O–H groups in total. The van der Waals surface area contributed by atoms with E-state index in [0.29, 0.717) is 11.6 Å². The Hall–Kier alpha value is -2.27. The normalized spacial score (nSPS) is 23.0. The summed E-state index contributed by atoms with van der Waals surface area (Å²) in [5.74, 6) is -0.109. The van der Waals surface area contributed by atoms with Crippen LogP contribution >= 0.6 is 0 Å². The van der Waals surface area contributed by atoms with E-state index in [1.54, 1.807) is 18.2 Å². The molecule has 2 unspecified atom stereocenters. The van der Waals surface area contributed by atoms with Crippen LogP contribution < -0.4 is 4.74 Å². The lowest BCUT2D eigenvalue weighted by Crippen LogP contribution is -2.37. The zero-order valence-electron chi connectivity index (χ0n) is 14.2. The fourth-order valence-corrected chi connectivity index (χ4v) is 4.10. The van der Waals surface area contributed by atoms with Gasteiger partial charge in [-0.05, 0) is 36.5 Å². The Morgan fingerprint density at radius 1 is 0.962 bits per heavy atom. The van der Waals surface area contributed by atoms with E-state index in [1.165, 1.54) is 11.6 Å². The van der Waals surface area contributed by atoms with Gasteiger partial charge >= 0.3 is 6.36 Å². The van der Waals surface area contributed by atoms with E-state index in [9.17, 15) is 13.2 Å². The van der Waals surface area contributed by atoms with Crippen molar-refractivity contribution >= 4 is 5.57 Å². The number of alkyl halides is 3. The highest BCUT2D eigenvalue weighted by Gasteiger charge is 2.38. The largest absolute Gasteiger partial charge is 0.573 e. The first kappa shape index (κ1) is 17.2. The Morgan fingerprint density at radius 2 is 1.69 bits per heavy atom. The highest BCUT2D eigenvalue weighted by molar-refractivity contribution is 5.72. The molecular weight excluding hydrogens is 339 g/mol. The third-order valence-electron chi connectivity index (χ3n) is 5.21. The number of halogens is 3. The minimum absolute atomic E-state index is 0.109. The lowest BCUT2D eigenvalue weighted by molar-refractivity contribution is -0.274. The highest BCUT2D eigenvalue weighted by atomic mass is 19.4. The first-order valence-electron chi connectivity index (χ1n) is 8.85. The Labute approximate surface area is 150 Å². The molecule has 0 aliphatic carbocycles. The molecule has 2 aliphatic rings. The number of para-hydroxylation sites is 1. The maximum absolute atomic E-state index is 12.7. The third-order valence-corrected chi connectivity index (χ3v) is 5.21. The third kappa shape index (κ3) is 3.63. The van der Waals surface area contributed by atoms with E-state index in [2.05, 4.69) is 27.8 Å². The van der Waals surface area contributed by atoms with Gasteiger partial charge in [0.1, 0.15) is 5.75 Å². The molecule has 136 valence electrons. The maximum atomic E-state index is 12.7. The van der Waals surface area contributed by atoms with Crippen molar-refractivity contribution in [3.63, 3.8) is 0 Å². The summed E-state index contributed by atoms with van der Waals surface area (Å²) >= 11 is 0. The molecule has 0 saturated carbocycles. The molecule has 2 aromatic carbocycles. The summed E-state index contributed by atoms with van der Waals surface area (Å²) < 4.78 is 42.4. The van der Waals surface area contributed by atoms with Gasteiger partial charge in [-0.3, -0.25) is 4.90 Å². The van der Waals surface area contributed by atoms with Crippen LogP contribution in [-0.4, -0.2) is 23.3 Å². The van der Waals surface area contributed by atoms with Crippen molar-refractivity contribution in [1.82, 2.24) is 4.90 Å². The Kier molecular flexibility index (Phi) is 4.49. The molecule has 1 fully saturated rings. The quantitative estimate of drug-likeness (QED) is 0.724. The van der Waals surface area contributed by atoms with E-state index in [-0.39, 0.29) is 11.8 Å². The Balaban J connectivity index is 1.58. The van der Waals surface area contributed by atoms with Crippen molar-refractivity contribution in [2.75, 3.05) is 0 Å². The van der Waals surface area contributed by atoms with Crippen molar-refractivity contribution in [3.8, 4) is 5.75 Å². The van der Waals surface area contributed by atoms with E-state index in [1.807, 2.05) is 18.2 Å². The summed E-state index contributed by atoms with van der Waals surface area (Å²) in [6.45, 7) is 0.876. The van der Waals surface area contributed by atoms with Crippen LogP contribution in [-0.2, 0) is 6.54 Å². The van der Waals surface area contributed by atoms with E-state index >= 15 is 0 Å². The second kappa shape index (κ2) is 6.80. The lowest BCUT2D eigenvalue weighted by Gasteiger charge is -2.34. The molecule has 0 amide bonds. The van der Waals surface area contributed by atoms with Crippen LogP contribution in [0.25, 0.3) is 5.57 Å². The van der Waals surface area contributed by atoms with Crippen LogP contribution in [0.4, 0.5) is 13.2 Å². The van der Waals surface area contributed by atoms with E-state index < -0.39 is 6.36 Å². The zero-order chi connectivity index (χ0) is 18.1. The van der Waals surface area contributed by atoms with Gasteiger partial charge in [-0.15, -0.1) is 13.2 Å². The molecule has 2 nitrogen and oxygen atoms in total. The summed E-state index contributed by atoms with van der Waals surface area (Å²) in [7, 11) is 0. The number of hydrogen-bond acceptors (Lipinski definition) is 2. The van der Waals surface area contributed by atoms with Crippen LogP contribution in [0.2, 0.25) is 0 Å². The maximum Gasteiger partial charge on any atom is 0.573 e. The number of benzene rings is 2. The van der Waals surface area contributed by atoms with Gasteiger partial charge in [-0.25, -0.2) is 0 Å². The average molecular weight is 359 g/mol. The summed E-state index contributed by atoms with van der Waals surface area (Å²) in [6, 6.07) is 17.4. The van der Waals surface area contributed by atoms with E-state index in [0.717, 1.165) is 31.4 Å². The molecule has 0 radical (unpaired) electrons. The van der Waals surface area contributed by atoms with Crippen LogP contribution in [0.15, 0.2) is 60.7 Å². The van der Waals surface area contributed by atoms with Crippen molar-refractivity contribution in [2.45, 2.75) is 44.3 Å². The minimum atomic E-state index is -4.68. The predicted octanol–water partition coefficient (Wildman–Crippen LogP) is 5.41. The second-order valence-electron chi connectivity index (χ2n) is 6.90. The smallest absolute Gasteiger partial charge is 0.405 e. The van der Waals surface area contributed by atoms with Gasteiger partial charge in [0, 0.05) is 24.2 Å². The molecule has 2 bridgehead atoms. The number of hydrogen-bond donors (Lipinski definition) is 0. The molecule has 1 saturated heterocycles. The standard InChI is InChI=1S/C21H20F3NO/c22-21(23,24)26-20-9-5-4-8-19(20)16-12-17-10-11-18(13-16)25(17)14-15-6-2-1-3-7-15/h1-9,12,17-18H,10-11,13-14H2. The average Bonchev–Trinajstić information content (AvgIpc) is 2.84. The fourth-order valence-electron chi connectivity index (χ4n) is 4.10.